The summed E-state index contributed by atoms with van der Waals surface area (Å²) in [5.41, 5.74) is 1.48. The summed E-state index contributed by atoms with van der Waals surface area (Å²) in [5, 5.41) is 14.7. The van der Waals surface area contributed by atoms with Crippen molar-refractivity contribution >= 4 is 45.5 Å². The van der Waals surface area contributed by atoms with E-state index in [4.69, 9.17) is 0 Å². The first-order valence-corrected chi connectivity index (χ1v) is 9.69. The summed E-state index contributed by atoms with van der Waals surface area (Å²) in [6.07, 6.45) is 0.533. The van der Waals surface area contributed by atoms with Crippen molar-refractivity contribution in [2.24, 2.45) is 5.92 Å². The van der Waals surface area contributed by atoms with Crippen molar-refractivity contribution in [3.63, 3.8) is 0 Å². The summed E-state index contributed by atoms with van der Waals surface area (Å²) in [7, 11) is 0. The lowest BCUT2D eigenvalue weighted by atomic mass is 10.1. The van der Waals surface area contributed by atoms with Crippen LogP contribution >= 0.6 is 23.1 Å². The number of hydrogen-bond acceptors (Lipinski definition) is 6. The Hall–Kier alpha value is -1.74. The summed E-state index contributed by atoms with van der Waals surface area (Å²) >= 11 is 2.86. The van der Waals surface area contributed by atoms with Gasteiger partial charge in [-0.15, -0.1) is 10.2 Å². The van der Waals surface area contributed by atoms with Crippen LogP contribution in [0.25, 0.3) is 0 Å². The Balaban J connectivity index is 1.54. The van der Waals surface area contributed by atoms with E-state index >= 15 is 0 Å². The smallest absolute Gasteiger partial charge is 0.248 e. The molecule has 5 nitrogen and oxygen atoms in total. The standard InChI is InChI=1S/C16H18F2N4OS2/c1-10(23)19-12-3-2-4-13(7-12)20-14-21-22-15(25-14)24-9-11-5-6-16(17,18)8-11/h2-4,7,11H,5-6,8-9H2,1H3,(H,19,23)(H,20,21)/t11-/m0/s1. The Morgan fingerprint density at radius 1 is 1.40 bits per heavy atom. The van der Waals surface area contributed by atoms with Crippen molar-refractivity contribution in [3.8, 4) is 0 Å². The van der Waals surface area contributed by atoms with Gasteiger partial charge in [0, 0.05) is 36.9 Å². The van der Waals surface area contributed by atoms with Crippen LogP contribution in [0.2, 0.25) is 0 Å². The summed E-state index contributed by atoms with van der Waals surface area (Å²) in [6, 6.07) is 7.28. The molecule has 0 radical (unpaired) electrons. The Kier molecular flexibility index (Phi) is 5.53. The molecule has 1 aromatic carbocycles. The topological polar surface area (TPSA) is 66.9 Å². The molecule has 0 saturated heterocycles. The number of carbonyl (C=O) groups is 1. The monoisotopic (exact) mass is 384 g/mol. The van der Waals surface area contributed by atoms with Gasteiger partial charge in [-0.2, -0.15) is 0 Å². The first-order valence-electron chi connectivity index (χ1n) is 7.88. The fourth-order valence-corrected chi connectivity index (χ4v) is 4.63. The molecule has 3 rings (SSSR count). The van der Waals surface area contributed by atoms with Gasteiger partial charge in [-0.25, -0.2) is 8.78 Å². The molecule has 1 aliphatic carbocycles. The van der Waals surface area contributed by atoms with Crippen molar-refractivity contribution in [2.45, 2.75) is 36.4 Å². The van der Waals surface area contributed by atoms with Crippen LogP contribution in [0.3, 0.4) is 0 Å². The van der Waals surface area contributed by atoms with Crippen LogP contribution in [0.5, 0.6) is 0 Å². The maximum atomic E-state index is 13.2. The molecule has 9 heteroatoms. The van der Waals surface area contributed by atoms with E-state index in [-0.39, 0.29) is 24.7 Å². The molecular weight excluding hydrogens is 366 g/mol. The maximum absolute atomic E-state index is 13.2. The number of rotatable bonds is 6. The lowest BCUT2D eigenvalue weighted by Gasteiger charge is -2.08. The Morgan fingerprint density at radius 3 is 2.92 bits per heavy atom. The van der Waals surface area contributed by atoms with E-state index in [1.54, 1.807) is 12.1 Å². The molecule has 1 aromatic heterocycles. The van der Waals surface area contributed by atoms with Gasteiger partial charge in [0.2, 0.25) is 17.0 Å². The Morgan fingerprint density at radius 2 is 2.20 bits per heavy atom. The second-order valence-electron chi connectivity index (χ2n) is 6.04. The predicted octanol–water partition coefficient (Wildman–Crippen LogP) is 4.77. The molecule has 1 saturated carbocycles. The number of thioether (sulfide) groups is 1. The summed E-state index contributed by atoms with van der Waals surface area (Å²) in [6.45, 7) is 1.45. The van der Waals surface area contributed by atoms with Gasteiger partial charge in [0.05, 0.1) is 0 Å². The Labute approximate surface area is 152 Å². The van der Waals surface area contributed by atoms with Crippen LogP contribution in [-0.2, 0) is 4.79 Å². The van der Waals surface area contributed by atoms with Gasteiger partial charge in [-0.05, 0) is 30.5 Å². The third kappa shape index (κ3) is 5.37. The largest absolute Gasteiger partial charge is 0.330 e. The predicted molar refractivity (Wildman–Crippen MR) is 96.9 cm³/mol. The van der Waals surface area contributed by atoms with Gasteiger partial charge in [0.1, 0.15) is 0 Å². The van der Waals surface area contributed by atoms with E-state index in [1.165, 1.54) is 30.0 Å². The fraction of sp³-hybridized carbons (Fsp3) is 0.438. The zero-order chi connectivity index (χ0) is 17.9. The highest BCUT2D eigenvalue weighted by Gasteiger charge is 2.39. The second kappa shape index (κ2) is 7.65. The van der Waals surface area contributed by atoms with Crippen molar-refractivity contribution in [2.75, 3.05) is 16.4 Å². The number of alkyl halides is 2. The molecule has 1 aliphatic rings. The molecule has 1 fully saturated rings. The molecular formula is C16H18F2N4OS2. The van der Waals surface area contributed by atoms with Crippen molar-refractivity contribution in [1.29, 1.82) is 0 Å². The third-order valence-electron chi connectivity index (χ3n) is 3.79. The number of aromatic nitrogens is 2. The minimum absolute atomic E-state index is 0.00814. The van der Waals surface area contributed by atoms with Crippen LogP contribution in [-0.4, -0.2) is 27.8 Å². The van der Waals surface area contributed by atoms with E-state index in [1.807, 2.05) is 12.1 Å². The van der Waals surface area contributed by atoms with Gasteiger partial charge in [-0.3, -0.25) is 4.79 Å². The van der Waals surface area contributed by atoms with Gasteiger partial charge in [-0.1, -0.05) is 29.2 Å². The molecule has 1 heterocycles. The fourth-order valence-electron chi connectivity index (χ4n) is 2.69. The molecule has 1 atom stereocenters. The number of anilines is 3. The number of amides is 1. The summed E-state index contributed by atoms with van der Waals surface area (Å²) < 4.78 is 27.2. The highest BCUT2D eigenvalue weighted by atomic mass is 32.2. The van der Waals surface area contributed by atoms with Gasteiger partial charge < -0.3 is 10.6 Å². The lowest BCUT2D eigenvalue weighted by molar-refractivity contribution is -0.114. The number of hydrogen-bond donors (Lipinski definition) is 2. The van der Waals surface area contributed by atoms with Crippen molar-refractivity contribution < 1.29 is 13.6 Å². The zero-order valence-electron chi connectivity index (χ0n) is 13.6. The first-order chi connectivity index (χ1) is 11.9. The normalized spacial score (nSPS) is 18.9. The number of carbonyl (C=O) groups excluding carboxylic acids is 1. The van der Waals surface area contributed by atoms with E-state index in [2.05, 4.69) is 20.8 Å². The van der Waals surface area contributed by atoms with Crippen LogP contribution < -0.4 is 10.6 Å². The maximum Gasteiger partial charge on any atom is 0.248 e. The molecule has 0 spiro atoms. The molecule has 25 heavy (non-hydrogen) atoms. The number of nitrogens with one attached hydrogen (secondary N) is 2. The average molecular weight is 384 g/mol. The van der Waals surface area contributed by atoms with Gasteiger partial charge >= 0.3 is 0 Å². The molecule has 1 amide bonds. The number of halogens is 2. The van der Waals surface area contributed by atoms with E-state index in [0.717, 1.165) is 10.0 Å². The minimum atomic E-state index is -2.50. The highest BCUT2D eigenvalue weighted by Crippen LogP contribution is 2.41. The number of nitrogens with zero attached hydrogens (tertiary/aromatic N) is 2. The van der Waals surface area contributed by atoms with Crippen LogP contribution in [0.4, 0.5) is 25.3 Å². The average Bonchev–Trinajstić information content (AvgIpc) is 3.11. The van der Waals surface area contributed by atoms with Crippen molar-refractivity contribution in [1.82, 2.24) is 10.2 Å². The van der Waals surface area contributed by atoms with Crippen LogP contribution in [0.15, 0.2) is 28.6 Å². The molecule has 134 valence electrons. The molecule has 0 aliphatic heterocycles. The first kappa shape index (κ1) is 18.1. The molecule has 2 N–H and O–H groups in total. The highest BCUT2D eigenvalue weighted by molar-refractivity contribution is 8.01. The molecule has 0 unspecified atom stereocenters. The summed E-state index contributed by atoms with van der Waals surface area (Å²) in [5.74, 6) is -1.96. The van der Waals surface area contributed by atoms with Crippen LogP contribution in [0.1, 0.15) is 26.2 Å². The zero-order valence-corrected chi connectivity index (χ0v) is 15.2. The molecule has 2 aromatic rings. The minimum Gasteiger partial charge on any atom is -0.330 e. The van der Waals surface area contributed by atoms with Crippen molar-refractivity contribution in [3.05, 3.63) is 24.3 Å². The SMILES string of the molecule is CC(=O)Nc1cccc(Nc2nnc(SC[C@H]3CCC(F)(F)C3)s2)c1. The quantitative estimate of drug-likeness (QED) is 0.703. The van der Waals surface area contributed by atoms with Crippen LogP contribution in [0, 0.1) is 5.92 Å². The van der Waals surface area contributed by atoms with E-state index in [0.29, 0.717) is 23.0 Å². The third-order valence-corrected chi connectivity index (χ3v) is 5.99. The number of benzene rings is 1. The Bertz CT molecular complexity index is 753. The molecule has 0 bridgehead atoms. The van der Waals surface area contributed by atoms with Gasteiger partial charge in [0.15, 0.2) is 4.34 Å². The van der Waals surface area contributed by atoms with E-state index < -0.39 is 5.92 Å². The summed E-state index contributed by atoms with van der Waals surface area (Å²) in [4.78, 5) is 11.1. The van der Waals surface area contributed by atoms with Gasteiger partial charge in [0.25, 0.3) is 0 Å². The lowest BCUT2D eigenvalue weighted by Crippen LogP contribution is -2.10. The van der Waals surface area contributed by atoms with E-state index in [9.17, 15) is 13.6 Å². The second-order valence-corrected chi connectivity index (χ2v) is 8.28.